The van der Waals surface area contributed by atoms with E-state index in [1.807, 2.05) is 0 Å². The first-order chi connectivity index (χ1) is 11.2. The molecular formula is C18H35NO5Si. The summed E-state index contributed by atoms with van der Waals surface area (Å²) in [6.07, 6.45) is 0.357. The van der Waals surface area contributed by atoms with Gasteiger partial charge in [-0.3, -0.25) is 4.90 Å². The molecule has 7 heteroatoms. The van der Waals surface area contributed by atoms with Gasteiger partial charge in [0.15, 0.2) is 8.32 Å². The predicted molar refractivity (Wildman–Crippen MR) is 101 cm³/mol. The van der Waals surface area contributed by atoms with E-state index in [0.717, 1.165) is 0 Å². The maximum absolute atomic E-state index is 12.5. The molecule has 1 rings (SSSR count). The summed E-state index contributed by atoms with van der Waals surface area (Å²) in [4.78, 5) is 14.0. The zero-order valence-electron chi connectivity index (χ0n) is 16.9. The lowest BCUT2D eigenvalue weighted by Gasteiger charge is -2.41. The minimum atomic E-state index is -1.98. The maximum Gasteiger partial charge on any atom is 0.410 e. The third kappa shape index (κ3) is 6.09. The van der Waals surface area contributed by atoms with Crippen LogP contribution in [0.3, 0.4) is 0 Å². The van der Waals surface area contributed by atoms with E-state index >= 15 is 0 Å². The molecule has 1 heterocycles. The average Bonchev–Trinajstić information content (AvgIpc) is 2.42. The van der Waals surface area contributed by atoms with Crippen molar-refractivity contribution in [2.45, 2.75) is 77.4 Å². The second-order valence-electron chi connectivity index (χ2n) is 9.19. The van der Waals surface area contributed by atoms with Crippen molar-refractivity contribution < 1.29 is 24.2 Å². The Bertz CT molecular complexity index is 505. The molecule has 0 spiro atoms. The normalized spacial score (nSPS) is 22.6. The predicted octanol–water partition coefficient (Wildman–Crippen LogP) is 2.91. The summed E-state index contributed by atoms with van der Waals surface area (Å²) in [6.45, 7) is 16.4. The molecule has 0 fully saturated rings. The van der Waals surface area contributed by atoms with Crippen molar-refractivity contribution in [1.29, 1.82) is 0 Å². The van der Waals surface area contributed by atoms with Gasteiger partial charge in [-0.05, 0) is 44.5 Å². The number of β-amino-alcohol motifs (C(OH)–C–C–N with tert-alkyl or cyclic N) is 1. The van der Waals surface area contributed by atoms with Gasteiger partial charge in [-0.2, -0.15) is 0 Å². The molecule has 2 atom stereocenters. The highest BCUT2D eigenvalue weighted by Crippen LogP contribution is 2.37. The maximum atomic E-state index is 12.5. The van der Waals surface area contributed by atoms with Gasteiger partial charge in [0.1, 0.15) is 5.60 Å². The van der Waals surface area contributed by atoms with Crippen molar-refractivity contribution in [2.24, 2.45) is 0 Å². The summed E-state index contributed by atoms with van der Waals surface area (Å²) in [5.41, 5.74) is -0.1000. The van der Waals surface area contributed by atoms with E-state index in [-0.39, 0.29) is 24.2 Å². The van der Waals surface area contributed by atoms with E-state index in [1.54, 1.807) is 26.8 Å². The molecule has 0 aromatic heterocycles. The number of hydrogen-bond donors (Lipinski definition) is 2. The summed E-state index contributed by atoms with van der Waals surface area (Å²) in [5.74, 6) is 0. The molecule has 6 nitrogen and oxygen atoms in total. The molecule has 0 saturated carbocycles. The topological polar surface area (TPSA) is 79.2 Å². The second kappa shape index (κ2) is 7.78. The fraction of sp³-hybridized carbons (Fsp3) is 0.833. The summed E-state index contributed by atoms with van der Waals surface area (Å²) >= 11 is 0. The second-order valence-corrected chi connectivity index (χ2v) is 14.0. The zero-order valence-corrected chi connectivity index (χ0v) is 17.9. The quantitative estimate of drug-likeness (QED) is 0.585. The van der Waals surface area contributed by atoms with Gasteiger partial charge in [-0.15, -0.1) is 0 Å². The number of carbonyl (C=O) groups is 1. The van der Waals surface area contributed by atoms with Gasteiger partial charge < -0.3 is 19.4 Å². The minimum absolute atomic E-state index is 0.0570. The fourth-order valence-electron chi connectivity index (χ4n) is 2.22. The highest BCUT2D eigenvalue weighted by Gasteiger charge is 2.40. The summed E-state index contributed by atoms with van der Waals surface area (Å²) in [5, 5.41) is 19.7. The zero-order chi connectivity index (χ0) is 19.6. The summed E-state index contributed by atoms with van der Waals surface area (Å²) in [7, 11) is -1.98. The van der Waals surface area contributed by atoms with Crippen molar-refractivity contribution in [3.05, 3.63) is 11.6 Å². The van der Waals surface area contributed by atoms with Crippen LogP contribution in [0.5, 0.6) is 0 Å². The van der Waals surface area contributed by atoms with E-state index in [1.165, 1.54) is 4.90 Å². The summed E-state index contributed by atoms with van der Waals surface area (Å²) in [6, 6.07) is -0.366. The number of rotatable bonds is 4. The molecule has 146 valence electrons. The Morgan fingerprint density at radius 2 is 1.84 bits per heavy atom. The first-order valence-corrected chi connectivity index (χ1v) is 11.7. The Labute approximate surface area is 152 Å². The number of nitrogens with zero attached hydrogens (tertiary/aromatic N) is 1. The van der Waals surface area contributed by atoms with Crippen molar-refractivity contribution in [1.82, 2.24) is 4.90 Å². The SMILES string of the molecule is CC(C)(C)OC(=O)N1CC(O)C(CO)=CC1CO[Si](C)(C)C(C)(C)C. The largest absolute Gasteiger partial charge is 0.444 e. The molecule has 25 heavy (non-hydrogen) atoms. The van der Waals surface area contributed by atoms with Crippen LogP contribution in [0.25, 0.3) is 0 Å². The van der Waals surface area contributed by atoms with E-state index < -0.39 is 26.1 Å². The highest BCUT2D eigenvalue weighted by atomic mass is 28.4. The minimum Gasteiger partial charge on any atom is -0.444 e. The molecular weight excluding hydrogens is 338 g/mol. The number of aliphatic hydroxyl groups excluding tert-OH is 2. The van der Waals surface area contributed by atoms with Crippen LogP contribution >= 0.6 is 0 Å². The number of carbonyl (C=O) groups excluding carboxylic acids is 1. The van der Waals surface area contributed by atoms with Crippen LogP contribution in [0.1, 0.15) is 41.5 Å². The first-order valence-electron chi connectivity index (χ1n) is 8.81. The van der Waals surface area contributed by atoms with Crippen LogP contribution in [0.2, 0.25) is 18.1 Å². The Morgan fingerprint density at radius 3 is 2.28 bits per heavy atom. The lowest BCUT2D eigenvalue weighted by molar-refractivity contribution is 0.00147. The van der Waals surface area contributed by atoms with Gasteiger partial charge in [0.2, 0.25) is 0 Å². The van der Waals surface area contributed by atoms with Gasteiger partial charge >= 0.3 is 6.09 Å². The molecule has 0 aromatic rings. The Balaban J connectivity index is 2.99. The van der Waals surface area contributed by atoms with E-state index in [0.29, 0.717) is 12.2 Å². The van der Waals surface area contributed by atoms with Crippen LogP contribution in [-0.2, 0) is 9.16 Å². The Hall–Kier alpha value is -0.893. The molecule has 0 aromatic carbocycles. The van der Waals surface area contributed by atoms with Gasteiger partial charge in [-0.1, -0.05) is 26.8 Å². The van der Waals surface area contributed by atoms with E-state index in [9.17, 15) is 15.0 Å². The number of ether oxygens (including phenoxy) is 1. The fourth-order valence-corrected chi connectivity index (χ4v) is 3.24. The van der Waals surface area contributed by atoms with Gasteiger partial charge in [0.05, 0.1) is 31.9 Å². The Kier molecular flexibility index (Phi) is 6.89. The molecule has 1 aliphatic heterocycles. The van der Waals surface area contributed by atoms with Crippen LogP contribution in [0.15, 0.2) is 11.6 Å². The third-order valence-corrected chi connectivity index (χ3v) is 9.34. The van der Waals surface area contributed by atoms with Crippen molar-refractivity contribution >= 4 is 14.4 Å². The van der Waals surface area contributed by atoms with E-state index in [4.69, 9.17) is 9.16 Å². The van der Waals surface area contributed by atoms with Gasteiger partial charge in [-0.25, -0.2) is 4.79 Å². The first kappa shape index (κ1) is 22.1. The standard InChI is InChI=1S/C18H35NO5Si/c1-17(2,3)24-16(22)19-10-15(21)13(11-20)9-14(19)12-23-25(7,8)18(4,5)6/h9,14-15,20-21H,10-12H2,1-8H3. The average molecular weight is 374 g/mol. The smallest absolute Gasteiger partial charge is 0.410 e. The van der Waals surface area contributed by atoms with Crippen molar-refractivity contribution in [3.63, 3.8) is 0 Å². The summed E-state index contributed by atoms with van der Waals surface area (Å²) < 4.78 is 11.7. The number of hydrogen-bond acceptors (Lipinski definition) is 5. The molecule has 0 radical (unpaired) electrons. The lowest BCUT2D eigenvalue weighted by Crippen LogP contribution is -2.53. The van der Waals surface area contributed by atoms with Crippen molar-refractivity contribution in [3.8, 4) is 0 Å². The molecule has 0 aliphatic carbocycles. The van der Waals surface area contributed by atoms with Crippen LogP contribution in [0.4, 0.5) is 4.79 Å². The van der Waals surface area contributed by atoms with Crippen LogP contribution < -0.4 is 0 Å². The Morgan fingerprint density at radius 1 is 1.28 bits per heavy atom. The number of amides is 1. The highest BCUT2D eigenvalue weighted by molar-refractivity contribution is 6.74. The van der Waals surface area contributed by atoms with Crippen LogP contribution in [0, 0.1) is 0 Å². The molecule has 2 unspecified atom stereocenters. The molecule has 1 amide bonds. The molecule has 0 bridgehead atoms. The van der Waals surface area contributed by atoms with Gasteiger partial charge in [0.25, 0.3) is 0 Å². The van der Waals surface area contributed by atoms with Gasteiger partial charge in [0, 0.05) is 0 Å². The third-order valence-electron chi connectivity index (χ3n) is 4.84. The molecule has 1 aliphatic rings. The van der Waals surface area contributed by atoms with Crippen molar-refractivity contribution in [2.75, 3.05) is 19.8 Å². The van der Waals surface area contributed by atoms with Crippen LogP contribution in [-0.4, -0.2) is 67.0 Å². The molecule has 0 saturated heterocycles. The number of aliphatic hydroxyl groups is 2. The van der Waals surface area contributed by atoms with E-state index in [2.05, 4.69) is 33.9 Å². The lowest BCUT2D eigenvalue weighted by atomic mass is 10.0. The molecule has 2 N–H and O–H groups in total. The monoisotopic (exact) mass is 373 g/mol.